The maximum absolute atomic E-state index is 11.8. The van der Waals surface area contributed by atoms with Crippen molar-refractivity contribution in [2.75, 3.05) is 7.11 Å². The highest BCUT2D eigenvalue weighted by atomic mass is 35.5. The van der Waals surface area contributed by atoms with E-state index in [-0.39, 0.29) is 10.6 Å². The molecule has 1 aromatic carbocycles. The van der Waals surface area contributed by atoms with Crippen LogP contribution in [-0.4, -0.2) is 29.8 Å². The molecule has 0 bridgehead atoms. The molecule has 0 aromatic heterocycles. The minimum atomic E-state index is -1.06. The van der Waals surface area contributed by atoms with E-state index in [9.17, 15) is 19.5 Å². The van der Waals surface area contributed by atoms with Gasteiger partial charge in [0.25, 0.3) is 0 Å². The number of aliphatic hydroxyl groups is 1. The standard InChI is InChI=1S/C13H10Cl2O5/c1-20-13(19)12(18)6-8(16)5-11(17)9-3-2-7(14)4-10(9)15/h2-4,6,18H,5H2,1H3. The van der Waals surface area contributed by atoms with Crippen LogP contribution in [0.4, 0.5) is 0 Å². The molecule has 7 heteroatoms. The lowest BCUT2D eigenvalue weighted by atomic mass is 10.1. The number of ketones is 2. The molecule has 0 saturated heterocycles. The first-order valence-corrected chi connectivity index (χ1v) is 6.10. The second-order valence-corrected chi connectivity index (χ2v) is 4.56. The molecule has 0 amide bonds. The number of hydrogen-bond donors (Lipinski definition) is 1. The summed E-state index contributed by atoms with van der Waals surface area (Å²) in [5.41, 5.74) is 0.135. The van der Waals surface area contributed by atoms with Crippen molar-refractivity contribution < 1.29 is 24.2 Å². The summed E-state index contributed by atoms with van der Waals surface area (Å²) < 4.78 is 4.20. The number of halogens is 2. The fraction of sp³-hybridized carbons (Fsp3) is 0.154. The second kappa shape index (κ2) is 7.07. The quantitative estimate of drug-likeness (QED) is 0.297. The maximum Gasteiger partial charge on any atom is 0.373 e. The Bertz CT molecular complexity index is 592. The summed E-state index contributed by atoms with van der Waals surface area (Å²) in [5.74, 6) is -3.22. The largest absolute Gasteiger partial charge is 0.502 e. The van der Waals surface area contributed by atoms with E-state index >= 15 is 0 Å². The summed E-state index contributed by atoms with van der Waals surface area (Å²) in [4.78, 5) is 34.2. The van der Waals surface area contributed by atoms with Crippen LogP contribution >= 0.6 is 23.2 Å². The van der Waals surface area contributed by atoms with Gasteiger partial charge in [-0.3, -0.25) is 9.59 Å². The number of ether oxygens (including phenoxy) is 1. The smallest absolute Gasteiger partial charge is 0.373 e. The van der Waals surface area contributed by atoms with Gasteiger partial charge < -0.3 is 9.84 Å². The molecular formula is C13H10Cl2O5. The van der Waals surface area contributed by atoms with Gasteiger partial charge in [-0.25, -0.2) is 4.79 Å². The number of Topliss-reactive ketones (excluding diaryl/α,β-unsaturated/α-hetero) is 1. The molecule has 0 aliphatic carbocycles. The van der Waals surface area contributed by atoms with Crippen LogP contribution in [0.5, 0.6) is 0 Å². The van der Waals surface area contributed by atoms with Crippen molar-refractivity contribution in [3.8, 4) is 0 Å². The molecule has 0 atom stereocenters. The zero-order valence-electron chi connectivity index (χ0n) is 10.4. The maximum atomic E-state index is 11.8. The van der Waals surface area contributed by atoms with E-state index in [0.717, 1.165) is 7.11 Å². The third-order valence-electron chi connectivity index (χ3n) is 2.26. The van der Waals surface area contributed by atoms with Crippen LogP contribution in [0.3, 0.4) is 0 Å². The third kappa shape index (κ3) is 4.36. The summed E-state index contributed by atoms with van der Waals surface area (Å²) in [7, 11) is 1.05. The average molecular weight is 317 g/mol. The van der Waals surface area contributed by atoms with Crippen LogP contribution in [0.25, 0.3) is 0 Å². The summed E-state index contributed by atoms with van der Waals surface area (Å²) in [6.45, 7) is 0. The Morgan fingerprint density at radius 2 is 1.95 bits per heavy atom. The topological polar surface area (TPSA) is 80.7 Å². The van der Waals surface area contributed by atoms with Crippen LogP contribution < -0.4 is 0 Å². The zero-order chi connectivity index (χ0) is 15.3. The van der Waals surface area contributed by atoms with Gasteiger partial charge in [-0.15, -0.1) is 0 Å². The van der Waals surface area contributed by atoms with E-state index in [0.29, 0.717) is 11.1 Å². The van der Waals surface area contributed by atoms with E-state index in [2.05, 4.69) is 4.74 Å². The Balaban J connectivity index is 2.81. The highest BCUT2D eigenvalue weighted by Gasteiger charge is 2.16. The highest BCUT2D eigenvalue weighted by Crippen LogP contribution is 2.22. The molecule has 0 fully saturated rings. The second-order valence-electron chi connectivity index (χ2n) is 3.71. The monoisotopic (exact) mass is 316 g/mol. The first-order valence-electron chi connectivity index (χ1n) is 5.35. The van der Waals surface area contributed by atoms with Crippen LogP contribution in [-0.2, 0) is 14.3 Å². The van der Waals surface area contributed by atoms with Crippen molar-refractivity contribution in [1.82, 2.24) is 0 Å². The van der Waals surface area contributed by atoms with Crippen LogP contribution in [0, 0.1) is 0 Å². The normalized spacial score (nSPS) is 11.1. The molecule has 0 heterocycles. The van der Waals surface area contributed by atoms with Gasteiger partial charge in [-0.05, 0) is 18.2 Å². The van der Waals surface area contributed by atoms with E-state index in [1.807, 2.05) is 0 Å². The number of carbonyl (C=O) groups is 3. The summed E-state index contributed by atoms with van der Waals surface area (Å²) >= 11 is 11.5. The van der Waals surface area contributed by atoms with E-state index in [1.54, 1.807) is 0 Å². The van der Waals surface area contributed by atoms with E-state index in [4.69, 9.17) is 23.2 Å². The van der Waals surface area contributed by atoms with Gasteiger partial charge >= 0.3 is 5.97 Å². The van der Waals surface area contributed by atoms with Crippen molar-refractivity contribution in [2.24, 2.45) is 0 Å². The number of benzene rings is 1. The summed E-state index contributed by atoms with van der Waals surface area (Å²) in [6, 6.07) is 4.24. The third-order valence-corrected chi connectivity index (χ3v) is 2.81. The number of esters is 1. The molecule has 1 rings (SSSR count). The van der Waals surface area contributed by atoms with Gasteiger partial charge in [0.2, 0.25) is 5.76 Å². The molecule has 106 valence electrons. The van der Waals surface area contributed by atoms with Gasteiger partial charge in [0.05, 0.1) is 18.6 Å². The molecule has 20 heavy (non-hydrogen) atoms. The molecule has 0 saturated carbocycles. The lowest BCUT2D eigenvalue weighted by Gasteiger charge is -2.02. The van der Waals surface area contributed by atoms with Gasteiger partial charge in [-0.1, -0.05) is 23.2 Å². The number of methoxy groups -OCH3 is 1. The molecule has 1 N–H and O–H groups in total. The summed E-state index contributed by atoms with van der Waals surface area (Å²) in [6.07, 6.45) is 0.0932. The van der Waals surface area contributed by atoms with Gasteiger partial charge in [-0.2, -0.15) is 0 Å². The minimum Gasteiger partial charge on any atom is -0.502 e. The van der Waals surface area contributed by atoms with E-state index < -0.39 is 29.7 Å². The van der Waals surface area contributed by atoms with Crippen molar-refractivity contribution in [3.63, 3.8) is 0 Å². The minimum absolute atomic E-state index is 0.122. The fourth-order valence-corrected chi connectivity index (χ4v) is 1.85. The number of aliphatic hydroxyl groups excluding tert-OH is 1. The van der Waals surface area contributed by atoms with Crippen LogP contribution in [0.15, 0.2) is 30.0 Å². The first-order chi connectivity index (χ1) is 9.35. The zero-order valence-corrected chi connectivity index (χ0v) is 11.9. The molecule has 0 radical (unpaired) electrons. The Labute approximate surface area is 124 Å². The molecular weight excluding hydrogens is 307 g/mol. The number of rotatable bonds is 5. The molecule has 1 aromatic rings. The lowest BCUT2D eigenvalue weighted by molar-refractivity contribution is -0.139. The molecule has 0 aliphatic rings. The highest BCUT2D eigenvalue weighted by molar-refractivity contribution is 6.37. The Kier molecular flexibility index (Phi) is 5.73. The molecule has 0 aliphatic heterocycles. The number of allylic oxidation sites excluding steroid dienone is 1. The van der Waals surface area contributed by atoms with Crippen molar-refractivity contribution in [1.29, 1.82) is 0 Å². The Hall–Kier alpha value is -1.85. The van der Waals surface area contributed by atoms with Crippen molar-refractivity contribution in [2.45, 2.75) is 6.42 Å². The van der Waals surface area contributed by atoms with Gasteiger partial charge in [0.1, 0.15) is 0 Å². The van der Waals surface area contributed by atoms with Gasteiger partial charge in [0.15, 0.2) is 11.6 Å². The molecule has 5 nitrogen and oxygen atoms in total. The van der Waals surface area contributed by atoms with Crippen LogP contribution in [0.2, 0.25) is 10.0 Å². The number of carbonyl (C=O) groups excluding carboxylic acids is 3. The Morgan fingerprint density at radius 3 is 2.50 bits per heavy atom. The molecule has 0 unspecified atom stereocenters. The SMILES string of the molecule is COC(=O)C(O)=CC(=O)CC(=O)c1ccc(Cl)cc1Cl. The fourth-order valence-electron chi connectivity index (χ4n) is 1.34. The van der Waals surface area contributed by atoms with E-state index in [1.165, 1.54) is 18.2 Å². The number of hydrogen-bond acceptors (Lipinski definition) is 5. The lowest BCUT2D eigenvalue weighted by Crippen LogP contribution is -2.10. The molecule has 0 spiro atoms. The summed E-state index contributed by atoms with van der Waals surface area (Å²) in [5, 5.41) is 9.66. The predicted molar refractivity (Wildman–Crippen MR) is 73.1 cm³/mol. The predicted octanol–water partition coefficient (Wildman–Crippen LogP) is 2.75. The van der Waals surface area contributed by atoms with Crippen molar-refractivity contribution in [3.05, 3.63) is 45.6 Å². The van der Waals surface area contributed by atoms with Gasteiger partial charge in [0, 0.05) is 16.7 Å². The van der Waals surface area contributed by atoms with Crippen molar-refractivity contribution >= 4 is 40.7 Å². The first kappa shape index (κ1) is 16.2. The Morgan fingerprint density at radius 1 is 1.30 bits per heavy atom. The van der Waals surface area contributed by atoms with Crippen LogP contribution in [0.1, 0.15) is 16.8 Å². The average Bonchev–Trinajstić information content (AvgIpc) is 2.37.